The van der Waals surface area contributed by atoms with Gasteiger partial charge >= 0.3 is 0 Å². The number of benzene rings is 3. The maximum absolute atomic E-state index is 10.8. The van der Waals surface area contributed by atoms with Crippen molar-refractivity contribution in [1.82, 2.24) is 0 Å². The van der Waals surface area contributed by atoms with E-state index in [-0.39, 0.29) is 0 Å². The predicted octanol–water partition coefficient (Wildman–Crippen LogP) is 4.69. The summed E-state index contributed by atoms with van der Waals surface area (Å²) in [4.78, 5) is 0. The van der Waals surface area contributed by atoms with Gasteiger partial charge < -0.3 is 9.84 Å². The van der Waals surface area contributed by atoms with Gasteiger partial charge in [-0.25, -0.2) is 0 Å². The quantitative estimate of drug-likeness (QED) is 0.747. The second-order valence-corrected chi connectivity index (χ2v) is 5.71. The first kappa shape index (κ1) is 14.1. The van der Waals surface area contributed by atoms with Crippen molar-refractivity contribution in [3.8, 4) is 5.75 Å². The fourth-order valence-corrected chi connectivity index (χ4v) is 2.98. The fraction of sp³-hybridized carbons (Fsp3) is 0.111. The van der Waals surface area contributed by atoms with Crippen LogP contribution in [0, 0.1) is 0 Å². The van der Waals surface area contributed by atoms with Crippen LogP contribution in [0.3, 0.4) is 0 Å². The highest BCUT2D eigenvalue weighted by Crippen LogP contribution is 2.34. The van der Waals surface area contributed by atoms with Gasteiger partial charge in [-0.2, -0.15) is 0 Å². The topological polar surface area (TPSA) is 29.5 Å². The molecule has 0 fully saturated rings. The molecule has 21 heavy (non-hydrogen) atoms. The third-order valence-electron chi connectivity index (χ3n) is 3.62. The van der Waals surface area contributed by atoms with Gasteiger partial charge in [-0.3, -0.25) is 0 Å². The lowest BCUT2D eigenvalue weighted by Gasteiger charge is -2.16. The summed E-state index contributed by atoms with van der Waals surface area (Å²) in [5.41, 5.74) is 1.69. The van der Waals surface area contributed by atoms with Crippen LogP contribution < -0.4 is 4.74 Å². The van der Waals surface area contributed by atoms with Crippen molar-refractivity contribution in [2.75, 3.05) is 7.11 Å². The minimum atomic E-state index is -0.708. The number of methoxy groups -OCH3 is 1. The van der Waals surface area contributed by atoms with Gasteiger partial charge in [-0.15, -0.1) is 0 Å². The van der Waals surface area contributed by atoms with Crippen molar-refractivity contribution in [1.29, 1.82) is 0 Å². The van der Waals surface area contributed by atoms with Gasteiger partial charge in [0.15, 0.2) is 0 Å². The summed E-state index contributed by atoms with van der Waals surface area (Å²) < 4.78 is 6.12. The molecule has 0 saturated carbocycles. The molecule has 1 N–H and O–H groups in total. The zero-order valence-corrected chi connectivity index (χ0v) is 13.2. The molecular weight excluding hydrogens is 328 g/mol. The smallest absolute Gasteiger partial charge is 0.119 e. The van der Waals surface area contributed by atoms with Crippen molar-refractivity contribution < 1.29 is 9.84 Å². The Morgan fingerprint density at radius 1 is 0.952 bits per heavy atom. The lowest BCUT2D eigenvalue weighted by molar-refractivity contribution is 0.220. The molecule has 1 unspecified atom stereocenters. The zero-order chi connectivity index (χ0) is 14.8. The Bertz CT molecular complexity index is 778. The minimum Gasteiger partial charge on any atom is -0.497 e. The molecule has 0 aliphatic heterocycles. The second-order valence-electron chi connectivity index (χ2n) is 4.86. The third kappa shape index (κ3) is 2.67. The highest BCUT2D eigenvalue weighted by atomic mass is 79.9. The van der Waals surface area contributed by atoms with Crippen LogP contribution in [0.5, 0.6) is 5.75 Å². The van der Waals surface area contributed by atoms with Crippen LogP contribution in [0.2, 0.25) is 0 Å². The second kappa shape index (κ2) is 5.88. The van der Waals surface area contributed by atoms with E-state index in [4.69, 9.17) is 4.74 Å². The molecule has 0 aliphatic rings. The van der Waals surface area contributed by atoms with Crippen LogP contribution >= 0.6 is 15.9 Å². The Morgan fingerprint density at radius 3 is 2.52 bits per heavy atom. The molecule has 0 aliphatic carbocycles. The molecule has 0 spiro atoms. The van der Waals surface area contributed by atoms with Gasteiger partial charge in [0.25, 0.3) is 0 Å². The lowest BCUT2D eigenvalue weighted by Crippen LogP contribution is -2.02. The molecule has 0 saturated heterocycles. The van der Waals surface area contributed by atoms with Crippen molar-refractivity contribution in [2.24, 2.45) is 0 Å². The normalized spacial score (nSPS) is 12.3. The summed E-state index contributed by atoms with van der Waals surface area (Å²) in [6.45, 7) is 0. The maximum Gasteiger partial charge on any atom is 0.119 e. The van der Waals surface area contributed by atoms with E-state index in [2.05, 4.69) is 15.9 Å². The van der Waals surface area contributed by atoms with Crippen molar-refractivity contribution in [3.63, 3.8) is 0 Å². The monoisotopic (exact) mass is 342 g/mol. The number of fused-ring (bicyclic) bond motifs is 1. The maximum atomic E-state index is 10.8. The summed E-state index contributed by atoms with van der Waals surface area (Å²) in [6.07, 6.45) is -0.708. The van der Waals surface area contributed by atoms with Crippen LogP contribution in [0.1, 0.15) is 17.2 Å². The zero-order valence-electron chi connectivity index (χ0n) is 11.6. The minimum absolute atomic E-state index is 0.708. The number of aliphatic hydroxyl groups excluding tert-OH is 1. The highest BCUT2D eigenvalue weighted by molar-refractivity contribution is 9.10. The van der Waals surface area contributed by atoms with Crippen molar-refractivity contribution in [3.05, 3.63) is 76.3 Å². The molecule has 3 rings (SSSR count). The average Bonchev–Trinajstić information content (AvgIpc) is 2.54. The first-order valence-electron chi connectivity index (χ1n) is 6.70. The average molecular weight is 343 g/mol. The van der Waals surface area contributed by atoms with E-state index < -0.39 is 6.10 Å². The number of aliphatic hydroxyl groups is 1. The number of hydrogen-bond donors (Lipinski definition) is 1. The Balaban J connectivity index is 2.14. The molecule has 3 aromatic carbocycles. The van der Waals surface area contributed by atoms with Crippen molar-refractivity contribution in [2.45, 2.75) is 6.10 Å². The Kier molecular flexibility index (Phi) is 3.95. The Morgan fingerprint density at radius 2 is 1.71 bits per heavy atom. The first-order valence-corrected chi connectivity index (χ1v) is 7.49. The van der Waals surface area contributed by atoms with Gasteiger partial charge in [0, 0.05) is 10.0 Å². The largest absolute Gasteiger partial charge is 0.497 e. The molecule has 0 radical (unpaired) electrons. The molecule has 3 heteroatoms. The van der Waals surface area contributed by atoms with E-state index in [1.807, 2.05) is 60.7 Å². The van der Waals surface area contributed by atoms with Crippen LogP contribution in [0.15, 0.2) is 65.1 Å². The standard InChI is InChI=1S/C18H15BrO2/c1-21-13-9-10-17(19)16(11-13)18(20)15-8-4-6-12-5-2-3-7-14(12)15/h2-11,18,20H,1H3. The number of halogens is 1. The molecular formula is C18H15BrO2. The molecule has 2 nitrogen and oxygen atoms in total. The molecule has 0 aromatic heterocycles. The Labute approximate surface area is 132 Å². The summed E-state index contributed by atoms with van der Waals surface area (Å²) in [5, 5.41) is 13.0. The van der Waals surface area contributed by atoms with Gasteiger partial charge in [0.2, 0.25) is 0 Å². The van der Waals surface area contributed by atoms with E-state index in [0.717, 1.165) is 32.1 Å². The van der Waals surface area contributed by atoms with E-state index in [1.165, 1.54) is 0 Å². The van der Waals surface area contributed by atoms with Gasteiger partial charge in [0.1, 0.15) is 11.9 Å². The SMILES string of the molecule is COc1ccc(Br)c(C(O)c2cccc3ccccc23)c1. The van der Waals surface area contributed by atoms with Crippen molar-refractivity contribution >= 4 is 26.7 Å². The van der Waals surface area contributed by atoms with Crippen LogP contribution in [0.4, 0.5) is 0 Å². The molecule has 0 bridgehead atoms. The fourth-order valence-electron chi connectivity index (χ4n) is 2.51. The van der Waals surface area contributed by atoms with Crippen LogP contribution in [0.25, 0.3) is 10.8 Å². The highest BCUT2D eigenvalue weighted by Gasteiger charge is 2.16. The van der Waals surface area contributed by atoms with E-state index >= 15 is 0 Å². The number of rotatable bonds is 3. The first-order chi connectivity index (χ1) is 10.2. The number of hydrogen-bond acceptors (Lipinski definition) is 2. The molecule has 0 heterocycles. The number of ether oxygens (including phenoxy) is 1. The van der Waals surface area contributed by atoms with Crippen LogP contribution in [-0.2, 0) is 0 Å². The molecule has 0 amide bonds. The van der Waals surface area contributed by atoms with E-state index in [0.29, 0.717) is 0 Å². The summed E-state index contributed by atoms with van der Waals surface area (Å²) in [5.74, 6) is 0.729. The Hall–Kier alpha value is -1.84. The molecule has 106 valence electrons. The molecule has 1 atom stereocenters. The van der Waals surface area contributed by atoms with Gasteiger partial charge in [0.05, 0.1) is 7.11 Å². The summed E-state index contributed by atoms with van der Waals surface area (Å²) in [6, 6.07) is 19.6. The van der Waals surface area contributed by atoms with Gasteiger partial charge in [-0.05, 0) is 34.5 Å². The van der Waals surface area contributed by atoms with Crippen LogP contribution in [-0.4, -0.2) is 12.2 Å². The molecule has 3 aromatic rings. The third-order valence-corrected chi connectivity index (χ3v) is 4.34. The summed E-state index contributed by atoms with van der Waals surface area (Å²) in [7, 11) is 1.62. The van der Waals surface area contributed by atoms with E-state index in [9.17, 15) is 5.11 Å². The lowest BCUT2D eigenvalue weighted by atomic mass is 9.96. The van der Waals surface area contributed by atoms with E-state index in [1.54, 1.807) is 7.11 Å². The summed E-state index contributed by atoms with van der Waals surface area (Å²) >= 11 is 3.51. The van der Waals surface area contributed by atoms with Gasteiger partial charge in [-0.1, -0.05) is 58.4 Å². The predicted molar refractivity (Wildman–Crippen MR) is 88.7 cm³/mol.